The molecule has 0 unspecified atom stereocenters. The summed E-state index contributed by atoms with van der Waals surface area (Å²) in [4.78, 5) is 1.95. The summed E-state index contributed by atoms with van der Waals surface area (Å²) in [5.74, 6) is 0.600. The van der Waals surface area contributed by atoms with Crippen LogP contribution in [0.25, 0.3) is 0 Å². The Hall–Kier alpha value is -0.410. The van der Waals surface area contributed by atoms with Crippen molar-refractivity contribution in [2.24, 2.45) is 0 Å². The van der Waals surface area contributed by atoms with Gasteiger partial charge in [-0.1, -0.05) is 11.6 Å². The fourth-order valence-electron chi connectivity index (χ4n) is 1.36. The van der Waals surface area contributed by atoms with Crippen LogP contribution >= 0.6 is 24.2 Å². The normalized spacial score (nSPS) is 10.5. The summed E-state index contributed by atoms with van der Waals surface area (Å²) >= 11 is 10.2. The van der Waals surface area contributed by atoms with Gasteiger partial charge in [0.1, 0.15) is 5.82 Å². The first kappa shape index (κ1) is 12.7. The molecule has 0 spiro atoms. The van der Waals surface area contributed by atoms with E-state index in [0.717, 1.165) is 24.4 Å². The Balaban J connectivity index is 2.88. The van der Waals surface area contributed by atoms with Gasteiger partial charge in [0.05, 0.1) is 10.7 Å². The molecule has 0 aliphatic rings. The van der Waals surface area contributed by atoms with Crippen molar-refractivity contribution < 1.29 is 4.39 Å². The lowest BCUT2D eigenvalue weighted by Crippen LogP contribution is -2.19. The molecule has 0 bridgehead atoms. The zero-order valence-corrected chi connectivity index (χ0v) is 10.6. The quantitative estimate of drug-likeness (QED) is 0.797. The molecule has 0 aliphatic heterocycles. The summed E-state index contributed by atoms with van der Waals surface area (Å²) in [7, 11) is 1.90. The van der Waals surface area contributed by atoms with Gasteiger partial charge in [0.15, 0.2) is 0 Å². The van der Waals surface area contributed by atoms with Crippen LogP contribution in [-0.2, 0) is 0 Å². The molecule has 1 aromatic rings. The Bertz CT molecular complexity index is 344. The maximum absolute atomic E-state index is 13.3. The number of anilines is 1. The van der Waals surface area contributed by atoms with Crippen LogP contribution in [0.2, 0.25) is 5.02 Å². The number of thiol groups is 1. The van der Waals surface area contributed by atoms with E-state index >= 15 is 0 Å². The summed E-state index contributed by atoms with van der Waals surface area (Å²) in [5, 5.41) is 0.593. The average molecular weight is 248 g/mol. The molecule has 0 radical (unpaired) electrons. The summed E-state index contributed by atoms with van der Waals surface area (Å²) in [6.07, 6.45) is 0.950. The van der Waals surface area contributed by atoms with E-state index in [1.807, 2.05) is 11.9 Å². The van der Waals surface area contributed by atoms with E-state index in [9.17, 15) is 4.39 Å². The van der Waals surface area contributed by atoms with Crippen molar-refractivity contribution in [1.29, 1.82) is 0 Å². The van der Waals surface area contributed by atoms with E-state index in [1.165, 1.54) is 6.07 Å². The molecule has 0 amide bonds. The molecule has 1 aromatic carbocycles. The molecule has 0 aliphatic carbocycles. The Kier molecular flexibility index (Phi) is 4.74. The molecule has 0 heterocycles. The minimum Gasteiger partial charge on any atom is -0.373 e. The number of hydrogen-bond acceptors (Lipinski definition) is 2. The first-order valence-corrected chi connectivity index (χ1v) is 5.85. The summed E-state index contributed by atoms with van der Waals surface area (Å²) in [6.45, 7) is 2.53. The lowest BCUT2D eigenvalue weighted by Gasteiger charge is -2.20. The zero-order valence-electron chi connectivity index (χ0n) is 8.93. The molecule has 1 rings (SSSR count). The fourth-order valence-corrected chi connectivity index (χ4v) is 1.86. The van der Waals surface area contributed by atoms with Gasteiger partial charge in [0.25, 0.3) is 0 Å². The van der Waals surface area contributed by atoms with Crippen molar-refractivity contribution >= 4 is 29.9 Å². The average Bonchev–Trinajstić information content (AvgIpc) is 2.20. The lowest BCUT2D eigenvalue weighted by atomic mass is 10.2. The Morgan fingerprint density at radius 2 is 2.13 bits per heavy atom. The number of nitrogens with zero attached hydrogens (tertiary/aromatic N) is 1. The van der Waals surface area contributed by atoms with Gasteiger partial charge < -0.3 is 4.90 Å². The third-order valence-electron chi connectivity index (χ3n) is 2.29. The molecule has 4 heteroatoms. The second-order valence-electron chi connectivity index (χ2n) is 3.55. The van der Waals surface area contributed by atoms with Crippen molar-refractivity contribution in [3.05, 3.63) is 28.5 Å². The first-order chi connectivity index (χ1) is 7.06. The summed E-state index contributed by atoms with van der Waals surface area (Å²) < 4.78 is 13.3. The van der Waals surface area contributed by atoms with Gasteiger partial charge in [-0.25, -0.2) is 4.39 Å². The van der Waals surface area contributed by atoms with E-state index in [-0.39, 0.29) is 5.82 Å². The summed E-state index contributed by atoms with van der Waals surface area (Å²) in [5.41, 5.74) is 1.31. The molecule has 0 atom stereocenters. The molecule has 0 aromatic heterocycles. The number of benzene rings is 1. The van der Waals surface area contributed by atoms with Crippen molar-refractivity contribution in [2.45, 2.75) is 13.3 Å². The predicted molar refractivity (Wildman–Crippen MR) is 67.9 cm³/mol. The minimum absolute atomic E-state index is 0.216. The number of halogens is 2. The monoisotopic (exact) mass is 247 g/mol. The highest BCUT2D eigenvalue weighted by molar-refractivity contribution is 7.80. The molecule has 0 saturated carbocycles. The zero-order chi connectivity index (χ0) is 11.4. The first-order valence-electron chi connectivity index (χ1n) is 4.84. The summed E-state index contributed by atoms with van der Waals surface area (Å²) in [6, 6.07) is 3.14. The van der Waals surface area contributed by atoms with E-state index in [4.69, 9.17) is 11.6 Å². The van der Waals surface area contributed by atoms with E-state index in [0.29, 0.717) is 10.6 Å². The molecule has 84 valence electrons. The largest absolute Gasteiger partial charge is 0.373 e. The minimum atomic E-state index is -0.216. The van der Waals surface area contributed by atoms with Gasteiger partial charge in [0.2, 0.25) is 0 Å². The van der Waals surface area contributed by atoms with Crippen LogP contribution in [0.15, 0.2) is 12.1 Å². The maximum atomic E-state index is 13.3. The van der Waals surface area contributed by atoms with Gasteiger partial charge in [-0.2, -0.15) is 12.6 Å². The molecule has 0 N–H and O–H groups in total. The van der Waals surface area contributed by atoms with Gasteiger partial charge in [-0.05, 0) is 36.8 Å². The van der Waals surface area contributed by atoms with Gasteiger partial charge in [-0.15, -0.1) is 0 Å². The molecule has 15 heavy (non-hydrogen) atoms. The van der Waals surface area contributed by atoms with E-state index in [1.54, 1.807) is 13.0 Å². The van der Waals surface area contributed by atoms with Crippen molar-refractivity contribution in [3.8, 4) is 0 Å². The van der Waals surface area contributed by atoms with Crippen LogP contribution in [0.5, 0.6) is 0 Å². The second kappa shape index (κ2) is 5.61. The molecular weight excluding hydrogens is 233 g/mol. The molecule has 0 saturated heterocycles. The SMILES string of the molecule is Cc1cc(Cl)c(N(C)CCCS)cc1F. The maximum Gasteiger partial charge on any atom is 0.128 e. The topological polar surface area (TPSA) is 3.24 Å². The van der Waals surface area contributed by atoms with Gasteiger partial charge in [0, 0.05) is 13.6 Å². The third kappa shape index (κ3) is 3.28. The van der Waals surface area contributed by atoms with Crippen LogP contribution in [0.3, 0.4) is 0 Å². The van der Waals surface area contributed by atoms with Crippen molar-refractivity contribution in [2.75, 3.05) is 24.2 Å². The number of hydrogen-bond donors (Lipinski definition) is 1. The Morgan fingerprint density at radius 1 is 1.47 bits per heavy atom. The molecule has 0 fully saturated rings. The van der Waals surface area contributed by atoms with Crippen LogP contribution in [-0.4, -0.2) is 19.3 Å². The van der Waals surface area contributed by atoms with E-state index < -0.39 is 0 Å². The lowest BCUT2D eigenvalue weighted by molar-refractivity contribution is 0.618. The highest BCUT2D eigenvalue weighted by atomic mass is 35.5. The smallest absolute Gasteiger partial charge is 0.128 e. The molecule has 1 nitrogen and oxygen atoms in total. The van der Waals surface area contributed by atoms with Gasteiger partial charge >= 0.3 is 0 Å². The van der Waals surface area contributed by atoms with Crippen LogP contribution in [0, 0.1) is 12.7 Å². The standard InChI is InChI=1S/C11H15ClFNS/c1-8-6-9(12)11(7-10(8)13)14(2)4-3-5-15/h6-7,15H,3-5H2,1-2H3. The highest BCUT2D eigenvalue weighted by Crippen LogP contribution is 2.27. The Labute approximate surface area is 101 Å². The third-order valence-corrected chi connectivity index (χ3v) is 2.91. The fraction of sp³-hybridized carbons (Fsp3) is 0.455. The number of aryl methyl sites for hydroxylation is 1. The van der Waals surface area contributed by atoms with Crippen LogP contribution < -0.4 is 4.90 Å². The highest BCUT2D eigenvalue weighted by Gasteiger charge is 2.09. The van der Waals surface area contributed by atoms with Crippen molar-refractivity contribution in [3.63, 3.8) is 0 Å². The van der Waals surface area contributed by atoms with Gasteiger partial charge in [-0.3, -0.25) is 0 Å². The van der Waals surface area contributed by atoms with Crippen LogP contribution in [0.4, 0.5) is 10.1 Å². The van der Waals surface area contributed by atoms with E-state index in [2.05, 4.69) is 12.6 Å². The Morgan fingerprint density at radius 3 is 2.73 bits per heavy atom. The predicted octanol–water partition coefficient (Wildman–Crippen LogP) is 3.54. The van der Waals surface area contributed by atoms with Crippen LogP contribution in [0.1, 0.15) is 12.0 Å². The van der Waals surface area contributed by atoms with Crippen molar-refractivity contribution in [1.82, 2.24) is 0 Å². The molecular formula is C11H15ClFNS. The number of rotatable bonds is 4. The second-order valence-corrected chi connectivity index (χ2v) is 4.41.